The maximum Gasteiger partial charge on any atom is 0.333 e. The highest BCUT2D eigenvalue weighted by molar-refractivity contribution is 6.96. The smallest absolute Gasteiger partial charge is 0.333 e. The molecule has 5 aliphatic heterocycles. The number of ether oxygens (including phenoxy) is 1. The molecule has 7 aromatic rings. The topological polar surface area (TPSA) is 15.7 Å². The van der Waals surface area contributed by atoms with Gasteiger partial charge in [0.1, 0.15) is 11.5 Å². The Hall–Kier alpha value is -5.93. The second-order valence-corrected chi connectivity index (χ2v) is 13.2. The summed E-state index contributed by atoms with van der Waals surface area (Å²) in [7, 11) is 0. The van der Waals surface area contributed by atoms with E-state index in [1.807, 2.05) is 0 Å². The third kappa shape index (κ3) is 2.88. The van der Waals surface area contributed by atoms with Gasteiger partial charge in [0.05, 0.1) is 0 Å². The number of para-hydroxylation sites is 4. The summed E-state index contributed by atoms with van der Waals surface area (Å²) in [6.45, 7) is -0.0879. The summed E-state index contributed by atoms with van der Waals surface area (Å²) in [6.07, 6.45) is 0. The van der Waals surface area contributed by atoms with Crippen molar-refractivity contribution in [1.82, 2.24) is 0 Å². The van der Waals surface area contributed by atoms with Crippen LogP contribution in [0.4, 0.5) is 22.7 Å². The number of fused-ring (bicyclic) bond motifs is 12. The molecule has 12 rings (SSSR count). The summed E-state index contributed by atoms with van der Waals surface area (Å²) in [5.74, 6) is 1.83. The van der Waals surface area contributed by atoms with E-state index in [0.29, 0.717) is 0 Å². The first-order valence-corrected chi connectivity index (χ1v) is 16.4. The zero-order chi connectivity index (χ0) is 30.4. The summed E-state index contributed by atoms with van der Waals surface area (Å²) in [5, 5.41) is 0. The second kappa shape index (κ2) is 8.45. The predicted molar refractivity (Wildman–Crippen MR) is 195 cm³/mol. The van der Waals surface area contributed by atoms with Crippen LogP contribution in [0.1, 0.15) is 0 Å². The molecule has 47 heavy (non-hydrogen) atoms. The lowest BCUT2D eigenvalue weighted by Gasteiger charge is -2.47. The monoisotopic (exact) mass is 594 g/mol. The van der Waals surface area contributed by atoms with Crippen molar-refractivity contribution in [3.8, 4) is 56.0 Å². The molecule has 0 saturated heterocycles. The van der Waals surface area contributed by atoms with Crippen LogP contribution >= 0.6 is 0 Å². The third-order valence-corrected chi connectivity index (χ3v) is 11.0. The highest BCUT2D eigenvalue weighted by Crippen LogP contribution is 2.51. The Morgan fingerprint density at radius 1 is 0.340 bits per heavy atom. The lowest BCUT2D eigenvalue weighted by Crippen LogP contribution is -2.64. The van der Waals surface area contributed by atoms with Crippen molar-refractivity contribution in [3.63, 3.8) is 0 Å². The summed E-state index contributed by atoms with van der Waals surface area (Å²) in [5.41, 5.74) is 20.1. The fourth-order valence-electron chi connectivity index (χ4n) is 9.28. The van der Waals surface area contributed by atoms with Gasteiger partial charge >= 0.3 is 13.7 Å². The molecule has 0 amide bonds. The molecule has 0 radical (unpaired) electrons. The first-order valence-electron chi connectivity index (χ1n) is 16.4. The summed E-state index contributed by atoms with van der Waals surface area (Å²) >= 11 is 0. The van der Waals surface area contributed by atoms with Crippen LogP contribution in [0, 0.1) is 0 Å². The van der Waals surface area contributed by atoms with Crippen molar-refractivity contribution in [3.05, 3.63) is 146 Å². The molecule has 2 bridgehead atoms. The van der Waals surface area contributed by atoms with Crippen LogP contribution in [0.5, 0.6) is 11.5 Å². The number of hydrogen-bond donors (Lipinski definition) is 0. The lowest BCUT2D eigenvalue weighted by molar-refractivity contribution is 0.490. The van der Waals surface area contributed by atoms with E-state index in [1.165, 1.54) is 89.1 Å². The van der Waals surface area contributed by atoms with Gasteiger partial charge in [-0.15, -0.1) is 0 Å². The van der Waals surface area contributed by atoms with E-state index >= 15 is 0 Å². The molecule has 0 atom stereocenters. The van der Waals surface area contributed by atoms with Crippen molar-refractivity contribution in [2.24, 2.45) is 0 Å². The number of rotatable bonds is 0. The Morgan fingerprint density at radius 3 is 1.13 bits per heavy atom. The van der Waals surface area contributed by atoms with Crippen molar-refractivity contribution in [2.75, 3.05) is 9.62 Å². The van der Waals surface area contributed by atoms with Gasteiger partial charge in [-0.2, -0.15) is 0 Å². The van der Waals surface area contributed by atoms with E-state index in [9.17, 15) is 0 Å². The Bertz CT molecular complexity index is 2390. The van der Waals surface area contributed by atoms with Gasteiger partial charge in [0.15, 0.2) is 0 Å². The third-order valence-electron chi connectivity index (χ3n) is 11.0. The fourth-order valence-corrected chi connectivity index (χ4v) is 9.28. The minimum Gasteiger partial charge on any atom is -0.458 e. The molecule has 0 N–H and O–H groups in total. The molecule has 3 nitrogen and oxygen atoms in total. The fraction of sp³-hybridized carbons (Fsp3) is 0. The van der Waals surface area contributed by atoms with E-state index in [0.717, 1.165) is 11.5 Å². The van der Waals surface area contributed by atoms with Gasteiger partial charge in [-0.05, 0) is 75.6 Å². The molecule has 5 heteroatoms. The molecular formula is C42H24B2N2O. The molecular weight excluding hydrogens is 570 g/mol. The zero-order valence-corrected chi connectivity index (χ0v) is 25.3. The molecule has 5 aliphatic rings. The van der Waals surface area contributed by atoms with Gasteiger partial charge in [0, 0.05) is 55.9 Å². The normalized spacial score (nSPS) is 14.4. The number of anilines is 4. The van der Waals surface area contributed by atoms with Gasteiger partial charge in [-0.1, -0.05) is 103 Å². The second-order valence-electron chi connectivity index (χ2n) is 13.2. The highest BCUT2D eigenvalue weighted by atomic mass is 16.5. The zero-order valence-electron chi connectivity index (χ0n) is 25.3. The van der Waals surface area contributed by atoms with Crippen LogP contribution in [-0.4, -0.2) is 13.7 Å². The number of benzene rings is 7. The van der Waals surface area contributed by atoms with Gasteiger partial charge in [-0.3, -0.25) is 0 Å². The van der Waals surface area contributed by atoms with E-state index < -0.39 is 0 Å². The lowest BCUT2D eigenvalue weighted by atomic mass is 9.38. The average Bonchev–Trinajstić information content (AvgIpc) is 3.13. The van der Waals surface area contributed by atoms with E-state index in [1.54, 1.807) is 0 Å². The standard InChI is InChI=1S/C42H24B2N2O/c1-5-17-35-25(11-1)29-15-9-21-39-41(29)43-33-24-34-32(23-31(33)27-13-3-7-19-37(27)45(35)43)28-14-4-8-20-38(28)46-36-18-6-2-12-26(36)30-16-10-22-40(47-39)42(30)44(34)46/h1-24H. The van der Waals surface area contributed by atoms with E-state index in [2.05, 4.69) is 155 Å². The quantitative estimate of drug-likeness (QED) is 0.168. The molecule has 0 fully saturated rings. The Labute approximate surface area is 273 Å². The molecule has 0 unspecified atom stereocenters. The van der Waals surface area contributed by atoms with Gasteiger partial charge in [-0.25, -0.2) is 0 Å². The first-order chi connectivity index (χ1) is 23.3. The van der Waals surface area contributed by atoms with Crippen molar-refractivity contribution in [1.29, 1.82) is 0 Å². The predicted octanol–water partition coefficient (Wildman–Crippen LogP) is 7.60. The Balaban J connectivity index is 1.30. The average molecular weight is 594 g/mol. The largest absolute Gasteiger partial charge is 0.458 e. The minimum absolute atomic E-state index is 0.0440. The number of hydrogen-bond acceptors (Lipinski definition) is 3. The van der Waals surface area contributed by atoms with Crippen LogP contribution in [0.3, 0.4) is 0 Å². The summed E-state index contributed by atoms with van der Waals surface area (Å²) in [4.78, 5) is 5.14. The van der Waals surface area contributed by atoms with Gasteiger partial charge in [0.25, 0.3) is 0 Å². The van der Waals surface area contributed by atoms with Gasteiger partial charge < -0.3 is 14.4 Å². The van der Waals surface area contributed by atoms with Crippen molar-refractivity contribution < 1.29 is 4.74 Å². The maximum atomic E-state index is 7.28. The van der Waals surface area contributed by atoms with Crippen LogP contribution in [0.2, 0.25) is 0 Å². The van der Waals surface area contributed by atoms with Crippen LogP contribution < -0.4 is 36.2 Å². The molecule has 5 heterocycles. The van der Waals surface area contributed by atoms with Crippen LogP contribution in [0.25, 0.3) is 44.5 Å². The van der Waals surface area contributed by atoms with Crippen molar-refractivity contribution in [2.45, 2.75) is 0 Å². The Morgan fingerprint density at radius 2 is 0.702 bits per heavy atom. The molecule has 0 aliphatic carbocycles. The number of nitrogens with zero attached hydrogens (tertiary/aromatic N) is 2. The highest BCUT2D eigenvalue weighted by Gasteiger charge is 2.49. The molecule has 214 valence electrons. The molecule has 7 aromatic carbocycles. The first kappa shape index (κ1) is 24.3. The Kier molecular flexibility index (Phi) is 4.37. The van der Waals surface area contributed by atoms with Gasteiger partial charge in [0.2, 0.25) is 0 Å². The SMILES string of the molecule is c1ccc2c(c1)-c1cc3c4cc1B1c5c(cccc5-c5ccccc5N12)Oc1cccc2c1B4N(c1ccccc1-3)c1ccccc1-2. The van der Waals surface area contributed by atoms with E-state index in [-0.39, 0.29) is 13.7 Å². The van der Waals surface area contributed by atoms with E-state index in [4.69, 9.17) is 4.74 Å². The molecule has 0 aromatic heterocycles. The molecule has 0 saturated carbocycles. The summed E-state index contributed by atoms with van der Waals surface area (Å²) in [6, 6.07) is 53.9. The maximum absolute atomic E-state index is 7.28. The van der Waals surface area contributed by atoms with Crippen molar-refractivity contribution >= 4 is 58.3 Å². The van der Waals surface area contributed by atoms with Crippen LogP contribution in [0.15, 0.2) is 146 Å². The minimum atomic E-state index is -0.0440. The molecule has 0 spiro atoms. The summed E-state index contributed by atoms with van der Waals surface area (Å²) < 4.78 is 7.28. The van der Waals surface area contributed by atoms with Crippen LogP contribution in [-0.2, 0) is 0 Å².